The lowest BCUT2D eigenvalue weighted by Gasteiger charge is -2.43. The highest BCUT2D eigenvalue weighted by atomic mass is 16.3. The maximum atomic E-state index is 13.2. The predicted molar refractivity (Wildman–Crippen MR) is 136 cm³/mol. The molecule has 182 valence electrons. The van der Waals surface area contributed by atoms with Crippen molar-refractivity contribution in [3.63, 3.8) is 0 Å². The van der Waals surface area contributed by atoms with Crippen molar-refractivity contribution in [1.82, 2.24) is 9.88 Å². The van der Waals surface area contributed by atoms with Gasteiger partial charge in [0.1, 0.15) is 23.7 Å². The summed E-state index contributed by atoms with van der Waals surface area (Å²) in [6.07, 6.45) is 9.02. The van der Waals surface area contributed by atoms with E-state index < -0.39 is 5.54 Å². The predicted octanol–water partition coefficient (Wildman–Crippen LogP) is 4.65. The summed E-state index contributed by atoms with van der Waals surface area (Å²) in [6.45, 7) is 3.12. The molecule has 0 bridgehead atoms. The maximum Gasteiger partial charge on any atom is 0.287 e. The number of benzene rings is 1. The first kappa shape index (κ1) is 23.3. The largest absolute Gasteiger partial charge is 0.459 e. The molecule has 1 aromatic carbocycles. The average Bonchev–Trinajstić information content (AvgIpc) is 3.44. The Kier molecular flexibility index (Phi) is 5.75. The number of anilines is 1. The molecule has 0 saturated heterocycles. The van der Waals surface area contributed by atoms with Gasteiger partial charge in [0.25, 0.3) is 5.91 Å². The van der Waals surface area contributed by atoms with E-state index in [0.717, 1.165) is 59.1 Å². The van der Waals surface area contributed by atoms with E-state index in [4.69, 9.17) is 4.42 Å². The quantitative estimate of drug-likeness (QED) is 0.442. The summed E-state index contributed by atoms with van der Waals surface area (Å²) in [5, 5.41) is 4.16. The number of nitrogens with zero attached hydrogens (tertiary/aromatic N) is 3. The topological polar surface area (TPSA) is 75.4 Å². The van der Waals surface area contributed by atoms with Gasteiger partial charge in [0, 0.05) is 48.7 Å². The van der Waals surface area contributed by atoms with Gasteiger partial charge in [0.05, 0.1) is 20.6 Å². The molecule has 3 heterocycles. The van der Waals surface area contributed by atoms with Crippen molar-refractivity contribution < 1.29 is 18.5 Å². The number of nitrogens with one attached hydrogen (secondary N) is 1. The minimum absolute atomic E-state index is 0.0761. The number of hydrogen-bond donors (Lipinski definition) is 1. The van der Waals surface area contributed by atoms with E-state index in [9.17, 15) is 9.59 Å². The average molecular weight is 474 g/mol. The fourth-order valence-electron chi connectivity index (χ4n) is 5.69. The Morgan fingerprint density at radius 2 is 2.00 bits per heavy atom. The van der Waals surface area contributed by atoms with Crippen molar-refractivity contribution in [1.29, 1.82) is 0 Å². The molecule has 1 aliphatic heterocycles. The minimum Gasteiger partial charge on any atom is -0.459 e. The molecule has 1 spiro atoms. The molecule has 7 nitrogen and oxygen atoms in total. The molecule has 35 heavy (non-hydrogen) atoms. The summed E-state index contributed by atoms with van der Waals surface area (Å²) in [6, 6.07) is 9.93. The first-order valence-corrected chi connectivity index (χ1v) is 12.2. The summed E-state index contributed by atoms with van der Waals surface area (Å²) < 4.78 is 6.57. The molecule has 2 aliphatic rings. The van der Waals surface area contributed by atoms with Crippen molar-refractivity contribution in [2.75, 3.05) is 26.5 Å². The lowest BCUT2D eigenvalue weighted by Crippen LogP contribution is -2.62. The van der Waals surface area contributed by atoms with Crippen LogP contribution in [0.15, 0.2) is 47.0 Å². The zero-order valence-corrected chi connectivity index (χ0v) is 20.9. The second kappa shape index (κ2) is 8.64. The SMILES string of the molecule is Cc1c(CN(C)C(=O)/C=C/c2cnc3c(c2)C[N+](C)(C)C2(CCCC2)C(=O)N3)oc2ccccc12. The first-order valence-electron chi connectivity index (χ1n) is 12.2. The lowest BCUT2D eigenvalue weighted by molar-refractivity contribution is -0.942. The fraction of sp³-hybridized carbons (Fsp3) is 0.393. The number of para-hydroxylation sites is 1. The molecule has 1 saturated carbocycles. The van der Waals surface area contributed by atoms with Crippen LogP contribution in [-0.4, -0.2) is 52.9 Å². The zero-order valence-electron chi connectivity index (χ0n) is 20.9. The van der Waals surface area contributed by atoms with Crippen molar-refractivity contribution in [2.24, 2.45) is 0 Å². The molecule has 2 amide bonds. The summed E-state index contributed by atoms with van der Waals surface area (Å²) in [5.41, 5.74) is 3.32. The summed E-state index contributed by atoms with van der Waals surface area (Å²) in [7, 11) is 6.05. The maximum absolute atomic E-state index is 13.2. The summed E-state index contributed by atoms with van der Waals surface area (Å²) >= 11 is 0. The second-order valence-corrected chi connectivity index (χ2v) is 10.5. The van der Waals surface area contributed by atoms with Gasteiger partial charge in [0.15, 0.2) is 5.54 Å². The van der Waals surface area contributed by atoms with E-state index in [1.807, 2.05) is 37.3 Å². The van der Waals surface area contributed by atoms with Crippen LogP contribution in [0, 0.1) is 6.92 Å². The molecule has 2 aromatic heterocycles. The van der Waals surface area contributed by atoms with Gasteiger partial charge in [-0.1, -0.05) is 18.2 Å². The van der Waals surface area contributed by atoms with Gasteiger partial charge < -0.3 is 19.1 Å². The molecule has 5 rings (SSSR count). The van der Waals surface area contributed by atoms with E-state index in [1.54, 1.807) is 30.3 Å². The number of likely N-dealkylation sites (N-methyl/N-ethyl adjacent to an activating group) is 2. The molecule has 3 aromatic rings. The number of fused-ring (bicyclic) bond motifs is 2. The number of aromatic nitrogens is 1. The molecular formula is C28H33N4O3+. The molecule has 7 heteroatoms. The Morgan fingerprint density at radius 1 is 1.26 bits per heavy atom. The van der Waals surface area contributed by atoms with Crippen molar-refractivity contribution in [3.8, 4) is 0 Å². The number of carbonyl (C=O) groups excluding carboxylic acids is 2. The van der Waals surface area contributed by atoms with Crippen LogP contribution < -0.4 is 5.32 Å². The van der Waals surface area contributed by atoms with Crippen molar-refractivity contribution in [2.45, 2.75) is 51.2 Å². The van der Waals surface area contributed by atoms with Gasteiger partial charge in [-0.15, -0.1) is 0 Å². The van der Waals surface area contributed by atoms with Crippen LogP contribution in [0.1, 0.15) is 48.1 Å². The van der Waals surface area contributed by atoms with Crippen LogP contribution in [0.5, 0.6) is 0 Å². The van der Waals surface area contributed by atoms with E-state index in [0.29, 0.717) is 23.4 Å². The zero-order chi connectivity index (χ0) is 24.8. The highest BCUT2D eigenvalue weighted by molar-refractivity contribution is 5.98. The van der Waals surface area contributed by atoms with Crippen LogP contribution in [0.2, 0.25) is 0 Å². The van der Waals surface area contributed by atoms with E-state index in [2.05, 4.69) is 24.4 Å². The van der Waals surface area contributed by atoms with Crippen LogP contribution in [0.4, 0.5) is 5.82 Å². The van der Waals surface area contributed by atoms with Crippen LogP contribution in [-0.2, 0) is 22.7 Å². The van der Waals surface area contributed by atoms with Gasteiger partial charge in [-0.3, -0.25) is 9.59 Å². The molecule has 1 fully saturated rings. The number of pyridine rings is 1. The molecule has 1 aliphatic carbocycles. The number of amides is 2. The minimum atomic E-state index is -0.399. The lowest BCUT2D eigenvalue weighted by atomic mass is 9.92. The Balaban J connectivity index is 1.32. The molecule has 0 unspecified atom stereocenters. The number of aryl methyl sites for hydroxylation is 1. The van der Waals surface area contributed by atoms with Gasteiger partial charge in [-0.25, -0.2) is 4.98 Å². The Hall–Kier alpha value is -3.45. The highest BCUT2D eigenvalue weighted by Crippen LogP contribution is 2.43. The number of carbonyl (C=O) groups is 2. The normalized spacial score (nSPS) is 18.6. The monoisotopic (exact) mass is 473 g/mol. The summed E-state index contributed by atoms with van der Waals surface area (Å²) in [4.78, 5) is 32.2. The third-order valence-corrected chi connectivity index (χ3v) is 7.92. The smallest absolute Gasteiger partial charge is 0.287 e. The van der Waals surface area contributed by atoms with Gasteiger partial charge in [0.2, 0.25) is 5.91 Å². The standard InChI is InChI=1S/C28H32N4O3/c1-19-22-9-5-6-10-23(22)35-24(19)17-31(2)25(33)12-11-20-15-21-18-32(3,4)28(13-7-8-14-28)27(34)30-26(21)29-16-20/h5-6,9-12,15-16H,7-8,13-14,17-18H2,1-4H3/p+1. The number of furan rings is 1. The van der Waals surface area contributed by atoms with Gasteiger partial charge in [-0.2, -0.15) is 0 Å². The Labute approximate surface area is 206 Å². The highest BCUT2D eigenvalue weighted by Gasteiger charge is 2.55. The van der Waals surface area contributed by atoms with Crippen LogP contribution in [0.3, 0.4) is 0 Å². The van der Waals surface area contributed by atoms with Crippen molar-refractivity contribution >= 4 is 34.7 Å². The third-order valence-electron chi connectivity index (χ3n) is 7.92. The third kappa shape index (κ3) is 4.04. The van der Waals surface area contributed by atoms with E-state index in [1.165, 1.54) is 0 Å². The van der Waals surface area contributed by atoms with E-state index in [-0.39, 0.29) is 11.8 Å². The molecular weight excluding hydrogens is 440 g/mol. The second-order valence-electron chi connectivity index (χ2n) is 10.5. The van der Waals surface area contributed by atoms with Gasteiger partial charge in [-0.05, 0) is 43.5 Å². The van der Waals surface area contributed by atoms with Crippen molar-refractivity contribution in [3.05, 3.63) is 65.1 Å². The van der Waals surface area contributed by atoms with E-state index >= 15 is 0 Å². The van der Waals surface area contributed by atoms with Crippen LogP contribution >= 0.6 is 0 Å². The number of rotatable bonds is 4. The first-order chi connectivity index (χ1) is 16.7. The van der Waals surface area contributed by atoms with Gasteiger partial charge >= 0.3 is 0 Å². The Morgan fingerprint density at radius 3 is 2.74 bits per heavy atom. The van der Waals surface area contributed by atoms with Crippen LogP contribution in [0.25, 0.3) is 17.0 Å². The molecule has 0 radical (unpaired) electrons. The summed E-state index contributed by atoms with van der Waals surface area (Å²) in [5.74, 6) is 1.38. The number of quaternary nitrogens is 1. The Bertz CT molecular complexity index is 1330. The molecule has 1 N–H and O–H groups in total. The number of hydrogen-bond acceptors (Lipinski definition) is 4. The molecule has 0 atom stereocenters. The fourth-order valence-corrected chi connectivity index (χ4v) is 5.69.